The summed E-state index contributed by atoms with van der Waals surface area (Å²) in [4.78, 5) is 11.4. The number of rotatable bonds is 4. The first-order valence-corrected chi connectivity index (χ1v) is 5.32. The van der Waals surface area contributed by atoms with Crippen LogP contribution in [0, 0.1) is 5.82 Å². The molecular formula is C12H17FN2O2. The molecule has 94 valence electrons. The molecule has 4 nitrogen and oxygen atoms in total. The molecule has 1 rings (SSSR count). The molecule has 1 aromatic rings. The van der Waals surface area contributed by atoms with Gasteiger partial charge in [0.05, 0.1) is 11.6 Å². The summed E-state index contributed by atoms with van der Waals surface area (Å²) >= 11 is 0. The van der Waals surface area contributed by atoms with Gasteiger partial charge in [0.25, 0.3) is 0 Å². The Morgan fingerprint density at radius 2 is 2.12 bits per heavy atom. The number of amides is 1. The van der Waals surface area contributed by atoms with E-state index in [1.165, 1.54) is 18.2 Å². The summed E-state index contributed by atoms with van der Waals surface area (Å²) in [7, 11) is 0. The van der Waals surface area contributed by atoms with Gasteiger partial charge in [-0.2, -0.15) is 0 Å². The van der Waals surface area contributed by atoms with Gasteiger partial charge in [0.15, 0.2) is 0 Å². The van der Waals surface area contributed by atoms with Crippen LogP contribution in [0.3, 0.4) is 0 Å². The number of halogens is 1. The van der Waals surface area contributed by atoms with Crippen molar-refractivity contribution in [2.24, 2.45) is 5.73 Å². The Hall–Kier alpha value is -1.46. The molecule has 5 heteroatoms. The van der Waals surface area contributed by atoms with Crippen LogP contribution in [0.15, 0.2) is 24.3 Å². The van der Waals surface area contributed by atoms with E-state index in [0.29, 0.717) is 0 Å². The Labute approximate surface area is 99.6 Å². The van der Waals surface area contributed by atoms with E-state index < -0.39 is 23.4 Å². The normalized spacial score (nSPS) is 13.2. The van der Waals surface area contributed by atoms with Crippen molar-refractivity contribution >= 4 is 5.91 Å². The SMILES string of the molecule is CC(C)(N)C(=O)NCC(O)c1ccccc1F. The molecule has 0 spiro atoms. The molecular weight excluding hydrogens is 223 g/mol. The van der Waals surface area contributed by atoms with Crippen LogP contribution in [0.1, 0.15) is 25.5 Å². The number of benzene rings is 1. The second-order valence-corrected chi connectivity index (χ2v) is 4.47. The zero-order chi connectivity index (χ0) is 13.1. The third kappa shape index (κ3) is 3.80. The summed E-state index contributed by atoms with van der Waals surface area (Å²) in [5.41, 5.74) is 4.70. The Balaban J connectivity index is 2.60. The summed E-state index contributed by atoms with van der Waals surface area (Å²) in [6.45, 7) is 3.04. The highest BCUT2D eigenvalue weighted by molar-refractivity contribution is 5.85. The third-order valence-corrected chi connectivity index (χ3v) is 2.31. The Bertz CT molecular complexity index is 402. The monoisotopic (exact) mass is 240 g/mol. The van der Waals surface area contributed by atoms with Crippen LogP contribution >= 0.6 is 0 Å². The molecule has 1 amide bonds. The lowest BCUT2D eigenvalue weighted by Crippen LogP contribution is -2.49. The molecule has 0 aliphatic carbocycles. The Morgan fingerprint density at radius 3 is 2.65 bits per heavy atom. The number of aliphatic hydroxyl groups excluding tert-OH is 1. The number of carbonyl (C=O) groups excluding carboxylic acids is 1. The maximum absolute atomic E-state index is 13.3. The van der Waals surface area contributed by atoms with Crippen LogP contribution in [0.2, 0.25) is 0 Å². The second-order valence-electron chi connectivity index (χ2n) is 4.47. The summed E-state index contributed by atoms with van der Waals surface area (Å²) < 4.78 is 13.3. The number of aliphatic hydroxyl groups is 1. The van der Waals surface area contributed by atoms with Crippen molar-refractivity contribution in [3.8, 4) is 0 Å². The summed E-state index contributed by atoms with van der Waals surface area (Å²) in [6, 6.07) is 5.89. The molecule has 0 saturated carbocycles. The lowest BCUT2D eigenvalue weighted by atomic mass is 10.1. The summed E-state index contributed by atoms with van der Waals surface area (Å²) in [5, 5.41) is 12.2. The number of hydrogen-bond donors (Lipinski definition) is 3. The van der Waals surface area contributed by atoms with E-state index in [1.54, 1.807) is 19.9 Å². The van der Waals surface area contributed by atoms with Crippen LogP contribution in [0.5, 0.6) is 0 Å². The molecule has 0 aromatic heterocycles. The minimum absolute atomic E-state index is 0.0691. The quantitative estimate of drug-likeness (QED) is 0.725. The molecule has 1 aromatic carbocycles. The first kappa shape index (κ1) is 13.6. The van der Waals surface area contributed by atoms with Crippen molar-refractivity contribution < 1.29 is 14.3 Å². The standard InChI is InChI=1S/C12H17FN2O2/c1-12(2,14)11(17)15-7-10(16)8-5-3-4-6-9(8)13/h3-6,10,16H,7,14H2,1-2H3,(H,15,17). The molecule has 0 fully saturated rings. The zero-order valence-electron chi connectivity index (χ0n) is 9.90. The lowest BCUT2D eigenvalue weighted by molar-refractivity contribution is -0.125. The fourth-order valence-electron chi connectivity index (χ4n) is 1.27. The number of nitrogens with two attached hydrogens (primary N) is 1. The molecule has 0 aliphatic rings. The second kappa shape index (κ2) is 5.25. The molecule has 0 saturated heterocycles. The topological polar surface area (TPSA) is 75.4 Å². The van der Waals surface area contributed by atoms with Crippen molar-refractivity contribution in [2.75, 3.05) is 6.54 Å². The number of hydrogen-bond acceptors (Lipinski definition) is 3. The van der Waals surface area contributed by atoms with E-state index in [1.807, 2.05) is 0 Å². The molecule has 1 unspecified atom stereocenters. The van der Waals surface area contributed by atoms with Crippen LogP contribution in [0.4, 0.5) is 4.39 Å². The molecule has 1 atom stereocenters. The van der Waals surface area contributed by atoms with Crippen molar-refractivity contribution in [3.05, 3.63) is 35.6 Å². The van der Waals surface area contributed by atoms with Gasteiger partial charge >= 0.3 is 0 Å². The van der Waals surface area contributed by atoms with Gasteiger partial charge in [-0.1, -0.05) is 18.2 Å². The van der Waals surface area contributed by atoms with Crippen molar-refractivity contribution in [1.82, 2.24) is 5.32 Å². The van der Waals surface area contributed by atoms with Crippen LogP contribution in [-0.4, -0.2) is 23.1 Å². The van der Waals surface area contributed by atoms with E-state index in [0.717, 1.165) is 0 Å². The van der Waals surface area contributed by atoms with Gasteiger partial charge in [-0.25, -0.2) is 4.39 Å². The van der Waals surface area contributed by atoms with E-state index in [9.17, 15) is 14.3 Å². The Morgan fingerprint density at radius 1 is 1.53 bits per heavy atom. The molecule has 0 bridgehead atoms. The highest BCUT2D eigenvalue weighted by atomic mass is 19.1. The van der Waals surface area contributed by atoms with Gasteiger partial charge < -0.3 is 16.2 Å². The van der Waals surface area contributed by atoms with Gasteiger partial charge in [-0.3, -0.25) is 4.79 Å². The van der Waals surface area contributed by atoms with Crippen LogP contribution in [-0.2, 0) is 4.79 Å². The maximum Gasteiger partial charge on any atom is 0.239 e. The van der Waals surface area contributed by atoms with Crippen LogP contribution in [0.25, 0.3) is 0 Å². The van der Waals surface area contributed by atoms with E-state index in [-0.39, 0.29) is 12.1 Å². The molecule has 0 heterocycles. The minimum Gasteiger partial charge on any atom is -0.386 e. The predicted octanol–water partition coefficient (Wildman–Crippen LogP) is 0.713. The molecule has 4 N–H and O–H groups in total. The zero-order valence-corrected chi connectivity index (χ0v) is 9.90. The third-order valence-electron chi connectivity index (χ3n) is 2.31. The Kier molecular flexibility index (Phi) is 4.20. The average molecular weight is 240 g/mol. The van der Waals surface area contributed by atoms with Gasteiger partial charge in [0.2, 0.25) is 5.91 Å². The van der Waals surface area contributed by atoms with Gasteiger partial charge in [0.1, 0.15) is 5.82 Å². The first-order chi connectivity index (χ1) is 7.82. The number of carbonyl (C=O) groups is 1. The largest absolute Gasteiger partial charge is 0.386 e. The number of nitrogens with one attached hydrogen (secondary N) is 1. The van der Waals surface area contributed by atoms with E-state index in [4.69, 9.17) is 5.73 Å². The fraction of sp³-hybridized carbons (Fsp3) is 0.417. The van der Waals surface area contributed by atoms with Crippen molar-refractivity contribution in [3.63, 3.8) is 0 Å². The van der Waals surface area contributed by atoms with E-state index >= 15 is 0 Å². The smallest absolute Gasteiger partial charge is 0.239 e. The van der Waals surface area contributed by atoms with Crippen molar-refractivity contribution in [2.45, 2.75) is 25.5 Å². The minimum atomic E-state index is -1.08. The van der Waals surface area contributed by atoms with Gasteiger partial charge in [-0.15, -0.1) is 0 Å². The van der Waals surface area contributed by atoms with Gasteiger partial charge in [0, 0.05) is 12.1 Å². The van der Waals surface area contributed by atoms with E-state index in [2.05, 4.69) is 5.32 Å². The average Bonchev–Trinajstić information content (AvgIpc) is 2.24. The van der Waals surface area contributed by atoms with Crippen molar-refractivity contribution in [1.29, 1.82) is 0 Å². The van der Waals surface area contributed by atoms with Crippen LogP contribution < -0.4 is 11.1 Å². The van der Waals surface area contributed by atoms with Gasteiger partial charge in [-0.05, 0) is 19.9 Å². The predicted molar refractivity (Wildman–Crippen MR) is 62.6 cm³/mol. The highest BCUT2D eigenvalue weighted by Crippen LogP contribution is 2.15. The first-order valence-electron chi connectivity index (χ1n) is 5.32. The highest BCUT2D eigenvalue weighted by Gasteiger charge is 2.22. The molecule has 17 heavy (non-hydrogen) atoms. The summed E-state index contributed by atoms with van der Waals surface area (Å²) in [6.07, 6.45) is -1.08. The fourth-order valence-corrected chi connectivity index (χ4v) is 1.27. The molecule has 0 aliphatic heterocycles. The lowest BCUT2D eigenvalue weighted by Gasteiger charge is -2.19. The molecule has 0 radical (unpaired) electrons. The summed E-state index contributed by atoms with van der Waals surface area (Å²) in [5.74, 6) is -0.894. The maximum atomic E-state index is 13.3.